The fourth-order valence-electron chi connectivity index (χ4n) is 2.12. The third-order valence-corrected chi connectivity index (χ3v) is 4.10. The monoisotopic (exact) mass is 300 g/mol. The minimum absolute atomic E-state index is 0.682. The second kappa shape index (κ2) is 6.24. The summed E-state index contributed by atoms with van der Waals surface area (Å²) in [5.74, 6) is 0.837. The van der Waals surface area contributed by atoms with E-state index < -0.39 is 0 Å². The Morgan fingerprint density at radius 1 is 1.19 bits per heavy atom. The summed E-state index contributed by atoms with van der Waals surface area (Å²) in [6.07, 6.45) is 1.85. The molecule has 108 valence electrons. The van der Waals surface area contributed by atoms with Crippen molar-refractivity contribution in [3.05, 3.63) is 42.2 Å². The lowest BCUT2D eigenvalue weighted by atomic mass is 10.3. The van der Waals surface area contributed by atoms with Crippen molar-refractivity contribution in [2.45, 2.75) is 11.9 Å². The second-order valence-electron chi connectivity index (χ2n) is 4.59. The lowest BCUT2D eigenvalue weighted by molar-refractivity contribution is 0.218. The van der Waals surface area contributed by atoms with Crippen molar-refractivity contribution in [2.24, 2.45) is 0 Å². The number of ether oxygens (including phenoxy) is 1. The molecule has 5 nitrogen and oxygen atoms in total. The Labute approximate surface area is 127 Å². The number of para-hydroxylation sites is 1. The van der Waals surface area contributed by atoms with Crippen LogP contribution < -0.4 is 0 Å². The minimum atomic E-state index is 0.682. The van der Waals surface area contributed by atoms with E-state index in [2.05, 4.69) is 15.3 Å². The molecule has 0 amide bonds. The molecule has 1 aromatic carbocycles. The van der Waals surface area contributed by atoms with Crippen LogP contribution in [0.25, 0.3) is 16.6 Å². The maximum absolute atomic E-state index is 5.10. The molecule has 0 atom stereocenters. The molecule has 6 heteroatoms. The lowest BCUT2D eigenvalue weighted by Gasteiger charge is -2.07. The van der Waals surface area contributed by atoms with Gasteiger partial charge in [-0.25, -0.2) is 4.68 Å². The number of benzene rings is 1. The molecule has 0 bridgehead atoms. The van der Waals surface area contributed by atoms with Crippen LogP contribution in [-0.4, -0.2) is 39.4 Å². The van der Waals surface area contributed by atoms with Crippen molar-refractivity contribution in [2.75, 3.05) is 19.5 Å². The Balaban J connectivity index is 2.11. The van der Waals surface area contributed by atoms with Gasteiger partial charge in [0.25, 0.3) is 0 Å². The number of hydrogen-bond donors (Lipinski definition) is 0. The van der Waals surface area contributed by atoms with E-state index in [4.69, 9.17) is 4.74 Å². The van der Waals surface area contributed by atoms with Crippen molar-refractivity contribution in [1.82, 2.24) is 20.0 Å². The number of hydrogen-bond acceptors (Lipinski definition) is 5. The summed E-state index contributed by atoms with van der Waals surface area (Å²) in [5, 5.41) is 15.0. The number of thioether (sulfide) groups is 1. The zero-order valence-corrected chi connectivity index (χ0v) is 12.8. The van der Waals surface area contributed by atoms with E-state index >= 15 is 0 Å². The normalized spacial score (nSPS) is 11.1. The summed E-state index contributed by atoms with van der Waals surface area (Å²) in [5.41, 5.74) is 2.92. The molecule has 0 N–H and O–H groups in total. The molecule has 0 aliphatic carbocycles. The number of nitrogens with zero attached hydrogens (tertiary/aromatic N) is 4. The molecule has 2 heterocycles. The molecule has 3 aromatic rings. The first-order valence-electron chi connectivity index (χ1n) is 6.69. The molecule has 2 aromatic heterocycles. The summed E-state index contributed by atoms with van der Waals surface area (Å²) >= 11 is 1.64. The maximum Gasteiger partial charge on any atom is 0.145 e. The Morgan fingerprint density at radius 3 is 2.76 bits per heavy atom. The van der Waals surface area contributed by atoms with Crippen LogP contribution in [0, 0.1) is 6.92 Å². The highest BCUT2D eigenvalue weighted by atomic mass is 32.2. The molecule has 0 spiro atoms. The predicted molar refractivity (Wildman–Crippen MR) is 84.0 cm³/mol. The smallest absolute Gasteiger partial charge is 0.145 e. The molecule has 0 aliphatic heterocycles. The van der Waals surface area contributed by atoms with Gasteiger partial charge in [-0.3, -0.25) is 0 Å². The Morgan fingerprint density at radius 2 is 2.00 bits per heavy atom. The van der Waals surface area contributed by atoms with E-state index in [0.29, 0.717) is 6.61 Å². The van der Waals surface area contributed by atoms with E-state index in [1.54, 1.807) is 18.9 Å². The van der Waals surface area contributed by atoms with Gasteiger partial charge in [0.2, 0.25) is 0 Å². The Kier molecular flexibility index (Phi) is 4.17. The van der Waals surface area contributed by atoms with E-state index in [1.165, 1.54) is 0 Å². The Hall–Kier alpha value is -1.92. The van der Waals surface area contributed by atoms with Crippen molar-refractivity contribution >= 4 is 22.7 Å². The molecule has 0 saturated heterocycles. The average Bonchev–Trinajstić information content (AvgIpc) is 2.97. The average molecular weight is 300 g/mol. The lowest BCUT2D eigenvalue weighted by Crippen LogP contribution is -2.01. The van der Waals surface area contributed by atoms with Crippen molar-refractivity contribution in [1.29, 1.82) is 0 Å². The first-order valence-corrected chi connectivity index (χ1v) is 7.68. The van der Waals surface area contributed by atoms with Gasteiger partial charge in [-0.1, -0.05) is 30.0 Å². The third kappa shape index (κ3) is 2.77. The minimum Gasteiger partial charge on any atom is -0.384 e. The van der Waals surface area contributed by atoms with Gasteiger partial charge in [0.15, 0.2) is 0 Å². The fraction of sp³-hybridized carbons (Fsp3) is 0.267. The zero-order valence-electron chi connectivity index (χ0n) is 12.0. The molecule has 0 aliphatic rings. The largest absolute Gasteiger partial charge is 0.384 e. The summed E-state index contributed by atoms with van der Waals surface area (Å²) in [4.78, 5) is 0. The summed E-state index contributed by atoms with van der Waals surface area (Å²) < 4.78 is 7.03. The summed E-state index contributed by atoms with van der Waals surface area (Å²) in [6, 6.07) is 10.1. The van der Waals surface area contributed by atoms with Gasteiger partial charge in [0.1, 0.15) is 10.5 Å². The van der Waals surface area contributed by atoms with Crippen LogP contribution in [0.1, 0.15) is 5.69 Å². The third-order valence-electron chi connectivity index (χ3n) is 3.18. The molecule has 0 radical (unpaired) electrons. The molecular weight excluding hydrogens is 284 g/mol. The van der Waals surface area contributed by atoms with Crippen LogP contribution >= 0.6 is 11.8 Å². The van der Waals surface area contributed by atoms with E-state index in [-0.39, 0.29) is 0 Å². The Bertz CT molecular complexity index is 742. The van der Waals surface area contributed by atoms with E-state index in [9.17, 15) is 0 Å². The molecule has 0 unspecified atom stereocenters. The number of aromatic nitrogens is 4. The van der Waals surface area contributed by atoms with Crippen molar-refractivity contribution in [3.8, 4) is 5.69 Å². The van der Waals surface area contributed by atoms with Gasteiger partial charge in [-0.15, -0.1) is 5.10 Å². The van der Waals surface area contributed by atoms with Crippen LogP contribution in [-0.2, 0) is 4.74 Å². The predicted octanol–water partition coefficient (Wildman–Crippen LogP) is 2.86. The highest BCUT2D eigenvalue weighted by Gasteiger charge is 2.14. The van der Waals surface area contributed by atoms with E-state index in [1.807, 2.05) is 48.1 Å². The van der Waals surface area contributed by atoms with Crippen LogP contribution in [0.3, 0.4) is 0 Å². The van der Waals surface area contributed by atoms with E-state index in [0.717, 1.165) is 33.1 Å². The van der Waals surface area contributed by atoms with Gasteiger partial charge in [0.05, 0.1) is 24.2 Å². The van der Waals surface area contributed by atoms with Crippen molar-refractivity contribution < 1.29 is 4.74 Å². The molecule has 3 rings (SSSR count). The van der Waals surface area contributed by atoms with Crippen LogP contribution in [0.5, 0.6) is 0 Å². The molecular formula is C15H16N4OS. The quantitative estimate of drug-likeness (QED) is 0.536. The first kappa shape index (κ1) is 14.0. The van der Waals surface area contributed by atoms with Crippen LogP contribution in [0.4, 0.5) is 0 Å². The summed E-state index contributed by atoms with van der Waals surface area (Å²) in [6.45, 7) is 2.64. The number of methoxy groups -OCH3 is 1. The molecule has 0 fully saturated rings. The van der Waals surface area contributed by atoms with Gasteiger partial charge in [-0.05, 0) is 19.1 Å². The van der Waals surface area contributed by atoms with Crippen LogP contribution in [0.2, 0.25) is 0 Å². The van der Waals surface area contributed by atoms with Crippen LogP contribution in [0.15, 0.2) is 41.6 Å². The highest BCUT2D eigenvalue weighted by Crippen LogP contribution is 2.28. The highest BCUT2D eigenvalue weighted by molar-refractivity contribution is 7.99. The second-order valence-corrected chi connectivity index (χ2v) is 5.67. The van der Waals surface area contributed by atoms with Gasteiger partial charge in [0, 0.05) is 18.2 Å². The number of rotatable bonds is 5. The topological polar surface area (TPSA) is 52.8 Å². The standard InChI is InChI=1S/C15H16N4OS/c1-11-13-10-16-19(12-6-4-3-5-7-12)14(13)15(18-17-11)21-9-8-20-2/h3-7,10H,8-9H2,1-2H3. The van der Waals surface area contributed by atoms with Gasteiger partial charge >= 0.3 is 0 Å². The van der Waals surface area contributed by atoms with Gasteiger partial charge in [-0.2, -0.15) is 10.2 Å². The number of aryl methyl sites for hydroxylation is 1. The van der Waals surface area contributed by atoms with Gasteiger partial charge < -0.3 is 4.74 Å². The fourth-order valence-corrected chi connectivity index (χ4v) is 3.00. The zero-order chi connectivity index (χ0) is 14.7. The first-order chi connectivity index (χ1) is 10.3. The number of fused-ring (bicyclic) bond motifs is 1. The van der Waals surface area contributed by atoms with Crippen molar-refractivity contribution in [3.63, 3.8) is 0 Å². The molecule has 0 saturated carbocycles. The molecule has 21 heavy (non-hydrogen) atoms. The summed E-state index contributed by atoms with van der Waals surface area (Å²) in [7, 11) is 1.70. The SMILES string of the molecule is COCCSc1nnc(C)c2cnn(-c3ccccc3)c12. The maximum atomic E-state index is 5.10.